The second-order valence-electron chi connectivity index (χ2n) is 10.6. The molecule has 31 heteroatoms. The molecule has 1 aromatic heterocycles. The third kappa shape index (κ3) is 13.2. The molecule has 0 unspecified atom stereocenters. The zero-order valence-corrected chi connectivity index (χ0v) is 44.5. The summed E-state index contributed by atoms with van der Waals surface area (Å²) in [4.78, 5) is 2.03. The number of aromatic nitrogens is 2. The maximum absolute atomic E-state index is 13.7. The summed E-state index contributed by atoms with van der Waals surface area (Å²) in [6.45, 7) is 1.44. The first-order valence-corrected chi connectivity index (χ1v) is 19.9. The molecule has 1 heterocycles. The number of benzene rings is 4. The van der Waals surface area contributed by atoms with Crippen LogP contribution >= 0.6 is 11.6 Å². The Balaban J connectivity index is 0.00000420. The van der Waals surface area contributed by atoms with Gasteiger partial charge in [-0.3, -0.25) is 0 Å². The monoisotopic (exact) mass is 966 g/mol. The molecule has 4 N–H and O–H groups in total. The molecule has 0 atom stereocenters. The largest absolute Gasteiger partial charge is 1.00 e. The van der Waals surface area contributed by atoms with Crippen LogP contribution in [-0.2, 0) is 40.5 Å². The summed E-state index contributed by atoms with van der Waals surface area (Å²) in [5.74, 6) is -1.42. The van der Waals surface area contributed by atoms with Gasteiger partial charge in [0.1, 0.15) is 62.6 Å². The first-order valence-electron chi connectivity index (χ1n) is 13.9. The summed E-state index contributed by atoms with van der Waals surface area (Å²) < 4.78 is 157. The molecular weight excluding hydrogens is 951 g/mol. The molecule has 0 saturated heterocycles. The molecule has 21 nitrogen and oxygen atoms in total. The number of hydrogen-bond donors (Lipinski definition) is 3. The summed E-state index contributed by atoms with van der Waals surface area (Å²) in [6.07, 6.45) is -1.05. The van der Waals surface area contributed by atoms with Crippen LogP contribution in [0.4, 0.5) is 44.3 Å². The van der Waals surface area contributed by atoms with E-state index in [0.29, 0.717) is 30.0 Å². The molecule has 0 spiro atoms. The predicted molar refractivity (Wildman–Crippen MR) is 178 cm³/mol. The van der Waals surface area contributed by atoms with E-state index in [1.54, 1.807) is 0 Å². The van der Waals surface area contributed by atoms with Gasteiger partial charge in [-0.1, -0.05) is 11.6 Å². The molecule has 0 amide bonds. The Labute approximate surface area is 462 Å². The van der Waals surface area contributed by atoms with E-state index in [-0.39, 0.29) is 190 Å². The number of rotatable bonds is 10. The van der Waals surface area contributed by atoms with Crippen molar-refractivity contribution in [3.05, 3.63) is 71.4 Å². The van der Waals surface area contributed by atoms with E-state index in [1.165, 1.54) is 31.2 Å². The van der Waals surface area contributed by atoms with Crippen LogP contribution in [0, 0.1) is 13.0 Å². The normalized spacial score (nSPS) is 12.1. The summed E-state index contributed by atoms with van der Waals surface area (Å²) in [7, 11) is -22.0. The average molecular weight is 967 g/mol. The second-order valence-corrected chi connectivity index (χ2v) is 16.4. The summed E-state index contributed by atoms with van der Waals surface area (Å²) >= 11 is 6.10. The van der Waals surface area contributed by atoms with Gasteiger partial charge in [0, 0.05) is 5.69 Å². The number of nitrogens with zero attached hydrogens (tertiary/aromatic N) is 6. The first-order chi connectivity index (χ1) is 24.9. The number of aromatic hydroxyl groups is 1. The Morgan fingerprint density at radius 1 is 0.724 bits per heavy atom. The van der Waals surface area contributed by atoms with Crippen LogP contribution in [0.1, 0.15) is 5.69 Å². The number of phenols is 1. The summed E-state index contributed by atoms with van der Waals surface area (Å²) in [5.41, 5.74) is 2.35. The third-order valence-corrected chi connectivity index (χ3v) is 10.9. The van der Waals surface area contributed by atoms with Crippen molar-refractivity contribution in [2.24, 2.45) is 20.5 Å². The second kappa shape index (κ2) is 21.6. The zero-order chi connectivity index (χ0) is 40.1. The van der Waals surface area contributed by atoms with Crippen molar-refractivity contribution in [3.63, 3.8) is 0 Å². The fourth-order valence-electron chi connectivity index (χ4n) is 4.60. The van der Waals surface area contributed by atoms with Crippen LogP contribution in [0.15, 0.2) is 94.6 Å². The summed E-state index contributed by atoms with van der Waals surface area (Å²) in [6, 6.07) is 7.42. The van der Waals surface area contributed by atoms with E-state index in [4.69, 9.17) is 17.3 Å². The summed E-state index contributed by atoms with van der Waals surface area (Å²) in [5, 5.41) is 26.8. The fraction of sp³-hybridized carbons (Fsp3) is 0.0370. The van der Waals surface area contributed by atoms with Gasteiger partial charge in [-0.25, -0.2) is 38.7 Å². The molecule has 0 bridgehead atoms. The molecule has 4 aromatic carbocycles. The Kier molecular flexibility index (Phi) is 20.8. The molecule has 5 rings (SSSR count). The van der Waals surface area contributed by atoms with Crippen LogP contribution in [0.2, 0.25) is 5.02 Å². The van der Waals surface area contributed by atoms with Gasteiger partial charge in [0.15, 0.2) is 11.6 Å². The topological polar surface area (TPSA) is 362 Å². The third-order valence-electron chi connectivity index (χ3n) is 6.98. The number of hydrogen-bond acceptors (Lipinski definition) is 21. The molecule has 0 aliphatic carbocycles. The molecule has 0 radical (unpaired) electrons. The SMILES string of the molecule is Cc1nc(F)nc(Nc2ccc(N=Nc3c(S(=O)(=O)[O-])cc4cc(S(=O)(=O)[O-])c(N=Nc5cc(S(=O)(=O)[O-])ccc5S(=O)(=O)[O-])c(O)c4c3N)cc2)c1Cl.[K+].[K+].[Na+].[Na+]. The number of nitrogens with one attached hydrogen (secondary N) is 1. The van der Waals surface area contributed by atoms with Gasteiger partial charge < -0.3 is 34.4 Å². The number of anilines is 3. The van der Waals surface area contributed by atoms with Crippen molar-refractivity contribution in [1.29, 1.82) is 0 Å². The van der Waals surface area contributed by atoms with Gasteiger partial charge in [-0.15, -0.1) is 15.3 Å². The number of aryl methyl sites for hydroxylation is 1. The van der Waals surface area contributed by atoms with Gasteiger partial charge in [0.05, 0.1) is 42.0 Å². The van der Waals surface area contributed by atoms with E-state index in [1.807, 2.05) is 0 Å². The van der Waals surface area contributed by atoms with Crippen molar-refractivity contribution in [1.82, 2.24) is 9.97 Å². The maximum Gasteiger partial charge on any atom is 1.00 e. The van der Waals surface area contributed by atoms with Gasteiger partial charge in [-0.05, 0) is 66.9 Å². The number of azo groups is 2. The van der Waals surface area contributed by atoms with Crippen molar-refractivity contribution in [3.8, 4) is 5.75 Å². The Morgan fingerprint density at radius 2 is 1.24 bits per heavy atom. The maximum atomic E-state index is 13.7. The van der Waals surface area contributed by atoms with Crippen molar-refractivity contribution in [2.45, 2.75) is 26.5 Å². The van der Waals surface area contributed by atoms with E-state index in [9.17, 15) is 61.4 Å². The minimum absolute atomic E-state index is 0. The van der Waals surface area contributed by atoms with E-state index in [2.05, 4.69) is 35.7 Å². The Hall–Kier alpha value is -0.0473. The number of fused-ring (bicyclic) bond motifs is 1. The number of nitrogen functional groups attached to an aromatic ring is 1. The van der Waals surface area contributed by atoms with Crippen molar-refractivity contribution >= 4 is 103 Å². The average Bonchev–Trinajstić information content (AvgIpc) is 3.04. The van der Waals surface area contributed by atoms with Crippen LogP contribution in [-0.4, -0.2) is 67.0 Å². The first kappa shape index (κ1) is 56.0. The van der Waals surface area contributed by atoms with Crippen LogP contribution in [0.3, 0.4) is 0 Å². The molecule has 0 aliphatic heterocycles. The van der Waals surface area contributed by atoms with Crippen LogP contribution in [0.25, 0.3) is 10.8 Å². The van der Waals surface area contributed by atoms with Gasteiger partial charge >= 0.3 is 168 Å². The number of phenolic OH excluding ortho intramolecular Hbond substituents is 1. The van der Waals surface area contributed by atoms with E-state index in [0.717, 1.165) is 0 Å². The molecule has 284 valence electrons. The minimum Gasteiger partial charge on any atom is -0.744 e. The number of halogens is 2. The fourth-order valence-corrected chi connectivity index (χ4v) is 7.12. The van der Waals surface area contributed by atoms with Gasteiger partial charge in [-0.2, -0.15) is 14.5 Å². The van der Waals surface area contributed by atoms with Gasteiger partial charge in [0.2, 0.25) is 0 Å². The number of nitrogens with two attached hydrogens (primary N) is 1. The van der Waals surface area contributed by atoms with E-state index >= 15 is 0 Å². The molecule has 0 saturated carbocycles. The smallest absolute Gasteiger partial charge is 0.744 e. The predicted octanol–water partition coefficient (Wildman–Crippen LogP) is -7.77. The van der Waals surface area contributed by atoms with Crippen molar-refractivity contribution in [2.75, 3.05) is 11.1 Å². The molecule has 0 aliphatic rings. The molecule has 58 heavy (non-hydrogen) atoms. The Bertz CT molecular complexity index is 2940. The zero-order valence-electron chi connectivity index (χ0n) is 30.2. The minimum atomic E-state index is -5.71. The molecular formula is C27H16ClFK2N8Na2O13S4. The van der Waals surface area contributed by atoms with Crippen molar-refractivity contribution < 1.29 is 223 Å². The molecule has 5 aromatic rings. The quantitative estimate of drug-likeness (QED) is 0.0385. The van der Waals surface area contributed by atoms with Gasteiger partial charge in [0.25, 0.3) is 0 Å². The van der Waals surface area contributed by atoms with Crippen LogP contribution < -0.4 is 173 Å². The standard InChI is InChI=1S/C27H20ClFN8O13S4.2K.2Na/c1-11-21(28)26(33-27(29)31-11)32-13-2-4-14(5-3-13)34-36-23-18(53(45,46)47)8-12-9-19(54(48,49)50)24(25(38)20(12)22(23)30)37-35-16-10-15(51(39,40)41)6-7-17(16)52(42,43)44;;;;/h2-10,38H,30H2,1H3,(H,31,32,33)(H,39,40,41)(H,42,43,44)(H,45,46,47)(H,48,49,50);;;;/q;4*+1/p-4. The van der Waals surface area contributed by atoms with E-state index < -0.39 is 105 Å². The van der Waals surface area contributed by atoms with Crippen LogP contribution in [0.5, 0.6) is 5.75 Å². The molecule has 0 fully saturated rings. The Morgan fingerprint density at radius 3 is 1.76 bits per heavy atom.